The van der Waals surface area contributed by atoms with Gasteiger partial charge in [-0.3, -0.25) is 9.69 Å². The van der Waals surface area contributed by atoms with Gasteiger partial charge in [0.2, 0.25) is 5.91 Å². The molecule has 8 heteroatoms. The molecule has 0 saturated carbocycles. The molecule has 0 spiro atoms. The summed E-state index contributed by atoms with van der Waals surface area (Å²) in [6.45, 7) is 5.85. The molecular weight excluding hydrogens is 357 g/mol. The quantitative estimate of drug-likeness (QED) is 0.850. The van der Waals surface area contributed by atoms with Crippen LogP contribution in [0.5, 0.6) is 0 Å². The lowest BCUT2D eigenvalue weighted by Crippen LogP contribution is -2.51. The van der Waals surface area contributed by atoms with Crippen LogP contribution in [0.1, 0.15) is 40.0 Å². The Labute approximate surface area is 155 Å². The van der Waals surface area contributed by atoms with Crippen molar-refractivity contribution in [2.75, 3.05) is 11.9 Å². The van der Waals surface area contributed by atoms with Crippen LogP contribution in [0.3, 0.4) is 0 Å². The van der Waals surface area contributed by atoms with Gasteiger partial charge in [0.1, 0.15) is 23.0 Å². The van der Waals surface area contributed by atoms with Gasteiger partial charge in [-0.15, -0.1) is 0 Å². The standard InChI is InChI=1S/C18H22FN3O3S/c1-18(2,3)25-17(24)22-10-5-4-8-12(22)15(23)21-16-20-14-11(19)7-6-9-13(14)26-16/h6-7,9,12H,4-5,8,10H2,1-3H3,(H,20,21,23)/t12-/m0/s1. The number of anilines is 1. The summed E-state index contributed by atoms with van der Waals surface area (Å²) in [6, 6.07) is 4.07. The van der Waals surface area contributed by atoms with Gasteiger partial charge in [0, 0.05) is 6.54 Å². The molecule has 1 fully saturated rings. The molecule has 2 amide bonds. The number of nitrogens with one attached hydrogen (secondary N) is 1. The van der Waals surface area contributed by atoms with E-state index in [1.54, 1.807) is 32.9 Å². The molecule has 140 valence electrons. The number of rotatable bonds is 2. The summed E-state index contributed by atoms with van der Waals surface area (Å²) < 4.78 is 19.9. The predicted octanol–water partition coefficient (Wildman–Crippen LogP) is 4.16. The maximum absolute atomic E-state index is 13.8. The van der Waals surface area contributed by atoms with Crippen LogP contribution >= 0.6 is 11.3 Å². The van der Waals surface area contributed by atoms with Gasteiger partial charge >= 0.3 is 6.09 Å². The Bertz CT molecular complexity index is 831. The molecule has 26 heavy (non-hydrogen) atoms. The number of nitrogens with zero attached hydrogens (tertiary/aromatic N) is 2. The molecule has 1 aromatic carbocycles. The van der Waals surface area contributed by atoms with E-state index >= 15 is 0 Å². The second-order valence-electron chi connectivity index (χ2n) is 7.28. The summed E-state index contributed by atoms with van der Waals surface area (Å²) in [5.74, 6) is -0.748. The van der Waals surface area contributed by atoms with Gasteiger partial charge in [0.05, 0.1) is 4.70 Å². The number of hydrogen-bond acceptors (Lipinski definition) is 5. The maximum atomic E-state index is 13.8. The first-order valence-corrected chi connectivity index (χ1v) is 9.42. The number of amides is 2. The average molecular weight is 379 g/mol. The molecule has 1 saturated heterocycles. The molecule has 1 N–H and O–H groups in total. The van der Waals surface area contributed by atoms with Crippen molar-refractivity contribution >= 4 is 38.7 Å². The minimum absolute atomic E-state index is 0.237. The van der Waals surface area contributed by atoms with Crippen LogP contribution in [0, 0.1) is 5.82 Å². The first kappa shape index (κ1) is 18.6. The Morgan fingerprint density at radius 2 is 2.12 bits per heavy atom. The highest BCUT2D eigenvalue weighted by Gasteiger charge is 2.35. The third-order valence-electron chi connectivity index (χ3n) is 4.03. The minimum Gasteiger partial charge on any atom is -0.444 e. The summed E-state index contributed by atoms with van der Waals surface area (Å²) in [5, 5.41) is 3.05. The van der Waals surface area contributed by atoms with Crippen molar-refractivity contribution in [2.45, 2.75) is 51.7 Å². The largest absolute Gasteiger partial charge is 0.444 e. The Morgan fingerprint density at radius 1 is 1.35 bits per heavy atom. The second kappa shape index (κ2) is 7.19. The molecule has 1 atom stereocenters. The number of carbonyl (C=O) groups is 2. The van der Waals surface area contributed by atoms with Crippen molar-refractivity contribution in [3.63, 3.8) is 0 Å². The number of carbonyl (C=O) groups excluding carboxylic acids is 2. The van der Waals surface area contributed by atoms with Crippen LogP contribution in [-0.4, -0.2) is 40.1 Å². The molecule has 2 heterocycles. The fraction of sp³-hybridized carbons (Fsp3) is 0.500. The fourth-order valence-corrected chi connectivity index (χ4v) is 3.78. The minimum atomic E-state index is -0.625. The van der Waals surface area contributed by atoms with Crippen LogP contribution in [0.15, 0.2) is 18.2 Å². The van der Waals surface area contributed by atoms with Crippen molar-refractivity contribution in [1.82, 2.24) is 9.88 Å². The normalized spacial score (nSPS) is 18.0. The zero-order chi connectivity index (χ0) is 18.9. The number of piperidine rings is 1. The smallest absolute Gasteiger partial charge is 0.410 e. The molecule has 0 bridgehead atoms. The lowest BCUT2D eigenvalue weighted by Gasteiger charge is -2.35. The number of aromatic nitrogens is 1. The molecule has 1 aromatic heterocycles. The van der Waals surface area contributed by atoms with Gasteiger partial charge in [0.25, 0.3) is 0 Å². The van der Waals surface area contributed by atoms with Crippen molar-refractivity contribution in [3.05, 3.63) is 24.0 Å². The van der Waals surface area contributed by atoms with Gasteiger partial charge in [-0.1, -0.05) is 17.4 Å². The van der Waals surface area contributed by atoms with E-state index in [4.69, 9.17) is 4.74 Å². The van der Waals surface area contributed by atoms with Crippen LogP contribution in [0.25, 0.3) is 10.2 Å². The highest BCUT2D eigenvalue weighted by atomic mass is 32.1. The van der Waals surface area contributed by atoms with Crippen molar-refractivity contribution < 1.29 is 18.7 Å². The lowest BCUT2D eigenvalue weighted by molar-refractivity contribution is -0.122. The number of benzene rings is 1. The first-order chi connectivity index (χ1) is 12.2. The van der Waals surface area contributed by atoms with Gasteiger partial charge in [-0.2, -0.15) is 0 Å². The van der Waals surface area contributed by atoms with Crippen LogP contribution in [0.2, 0.25) is 0 Å². The zero-order valence-corrected chi connectivity index (χ0v) is 15.9. The van der Waals surface area contributed by atoms with E-state index in [-0.39, 0.29) is 11.4 Å². The SMILES string of the molecule is CC(C)(C)OC(=O)N1CCCC[C@H]1C(=O)Nc1nc2c(F)cccc2s1. The lowest BCUT2D eigenvalue weighted by atomic mass is 10.0. The fourth-order valence-electron chi connectivity index (χ4n) is 2.90. The summed E-state index contributed by atoms with van der Waals surface area (Å²) in [5.41, 5.74) is -0.388. The zero-order valence-electron chi connectivity index (χ0n) is 15.0. The summed E-state index contributed by atoms with van der Waals surface area (Å²) >= 11 is 1.21. The van der Waals surface area contributed by atoms with Gasteiger partial charge < -0.3 is 10.1 Å². The average Bonchev–Trinajstić information content (AvgIpc) is 2.97. The first-order valence-electron chi connectivity index (χ1n) is 8.60. The van der Waals surface area contributed by atoms with E-state index < -0.39 is 23.6 Å². The number of para-hydroxylation sites is 1. The van der Waals surface area contributed by atoms with E-state index in [1.165, 1.54) is 22.3 Å². The van der Waals surface area contributed by atoms with E-state index in [9.17, 15) is 14.0 Å². The van der Waals surface area contributed by atoms with E-state index in [0.29, 0.717) is 22.8 Å². The molecule has 1 aliphatic rings. The predicted molar refractivity (Wildman–Crippen MR) is 98.8 cm³/mol. The van der Waals surface area contributed by atoms with Gasteiger partial charge in [0.15, 0.2) is 5.13 Å². The summed E-state index contributed by atoms with van der Waals surface area (Å²) in [4.78, 5) is 30.8. The summed E-state index contributed by atoms with van der Waals surface area (Å²) in [6.07, 6.45) is 1.75. The third kappa shape index (κ3) is 4.12. The molecule has 0 aliphatic carbocycles. The Kier molecular flexibility index (Phi) is 5.13. The molecule has 1 aliphatic heterocycles. The van der Waals surface area contributed by atoms with Crippen LogP contribution in [0.4, 0.5) is 14.3 Å². The molecule has 3 rings (SSSR count). The Balaban J connectivity index is 1.75. The molecule has 2 aromatic rings. The third-order valence-corrected chi connectivity index (χ3v) is 4.97. The monoisotopic (exact) mass is 379 g/mol. The van der Waals surface area contributed by atoms with Crippen LogP contribution in [-0.2, 0) is 9.53 Å². The Morgan fingerprint density at radius 3 is 2.81 bits per heavy atom. The highest BCUT2D eigenvalue weighted by Crippen LogP contribution is 2.28. The van der Waals surface area contributed by atoms with Crippen molar-refractivity contribution in [2.24, 2.45) is 0 Å². The second-order valence-corrected chi connectivity index (χ2v) is 8.31. The number of halogens is 1. The highest BCUT2D eigenvalue weighted by molar-refractivity contribution is 7.22. The van der Waals surface area contributed by atoms with E-state index in [2.05, 4.69) is 10.3 Å². The Hall–Kier alpha value is -2.22. The molecule has 6 nitrogen and oxygen atoms in total. The summed E-state index contributed by atoms with van der Waals surface area (Å²) in [7, 11) is 0. The number of thiazole rings is 1. The maximum Gasteiger partial charge on any atom is 0.410 e. The number of fused-ring (bicyclic) bond motifs is 1. The van der Waals surface area contributed by atoms with E-state index in [0.717, 1.165) is 12.8 Å². The number of likely N-dealkylation sites (tertiary alicyclic amines) is 1. The van der Waals surface area contributed by atoms with Crippen molar-refractivity contribution in [1.29, 1.82) is 0 Å². The van der Waals surface area contributed by atoms with Gasteiger partial charge in [-0.25, -0.2) is 14.2 Å². The number of hydrogen-bond donors (Lipinski definition) is 1. The van der Waals surface area contributed by atoms with Crippen molar-refractivity contribution in [3.8, 4) is 0 Å². The molecular formula is C18H22FN3O3S. The van der Waals surface area contributed by atoms with Crippen LogP contribution < -0.4 is 5.32 Å². The topological polar surface area (TPSA) is 71.5 Å². The van der Waals surface area contributed by atoms with Gasteiger partial charge in [-0.05, 0) is 52.2 Å². The number of ether oxygens (including phenoxy) is 1. The molecule has 0 unspecified atom stereocenters. The molecule has 0 radical (unpaired) electrons. The van der Waals surface area contributed by atoms with E-state index in [1.807, 2.05) is 0 Å².